The predicted octanol–water partition coefficient (Wildman–Crippen LogP) is 3.50. The molecule has 1 aliphatic rings. The van der Waals surface area contributed by atoms with Crippen LogP contribution in [0.1, 0.15) is 54.5 Å². The van der Waals surface area contributed by atoms with E-state index in [-0.39, 0.29) is 42.1 Å². The van der Waals surface area contributed by atoms with Gasteiger partial charge in [-0.25, -0.2) is 9.67 Å². The molecular weight excluding hydrogens is 416 g/mol. The number of hydrogen-bond acceptors (Lipinski definition) is 6. The van der Waals surface area contributed by atoms with Crippen molar-refractivity contribution in [3.05, 3.63) is 66.1 Å². The number of nitrogens with zero attached hydrogens (tertiary/aromatic N) is 5. The highest BCUT2D eigenvalue weighted by Crippen LogP contribution is 2.34. The smallest absolute Gasteiger partial charge is 0.273 e. The van der Waals surface area contributed by atoms with Crippen LogP contribution in [0.5, 0.6) is 0 Å². The Labute approximate surface area is 187 Å². The lowest BCUT2D eigenvalue weighted by atomic mass is 9.92. The molecule has 2 unspecified atom stereocenters. The monoisotopic (exact) mass is 440 g/mol. The highest BCUT2D eigenvalue weighted by molar-refractivity contribution is 5.92. The summed E-state index contributed by atoms with van der Waals surface area (Å²) in [5.41, 5.74) is 2.47. The number of likely N-dealkylation sites (tertiary alicyclic amines) is 1. The van der Waals surface area contributed by atoms with Gasteiger partial charge in [0.1, 0.15) is 12.3 Å². The van der Waals surface area contributed by atoms with Crippen molar-refractivity contribution >= 4 is 18.3 Å². The van der Waals surface area contributed by atoms with E-state index >= 15 is 0 Å². The molecule has 2 atom stereocenters. The Bertz CT molecular complexity index is 1040. The van der Waals surface area contributed by atoms with Gasteiger partial charge in [0, 0.05) is 24.8 Å². The zero-order chi connectivity index (χ0) is 21.1. The maximum absolute atomic E-state index is 12.4. The van der Waals surface area contributed by atoms with Gasteiger partial charge in [-0.1, -0.05) is 18.2 Å². The Morgan fingerprint density at radius 3 is 2.74 bits per heavy atom. The van der Waals surface area contributed by atoms with Crippen molar-refractivity contribution < 1.29 is 9.21 Å². The summed E-state index contributed by atoms with van der Waals surface area (Å²) >= 11 is 0. The molecule has 1 N–H and O–H groups in total. The highest BCUT2D eigenvalue weighted by atomic mass is 35.5. The summed E-state index contributed by atoms with van der Waals surface area (Å²) in [5, 5.41) is 17.6. The van der Waals surface area contributed by atoms with Crippen molar-refractivity contribution in [1.29, 1.82) is 5.26 Å². The Morgan fingerprint density at radius 1 is 1.32 bits per heavy atom. The van der Waals surface area contributed by atoms with Gasteiger partial charge in [-0.3, -0.25) is 9.69 Å². The summed E-state index contributed by atoms with van der Waals surface area (Å²) in [5.74, 6) is -0.249. The number of benzene rings is 1. The van der Waals surface area contributed by atoms with E-state index in [1.165, 1.54) is 12.7 Å². The van der Waals surface area contributed by atoms with Gasteiger partial charge in [0.05, 0.1) is 23.0 Å². The number of para-hydroxylation sites is 1. The Kier molecular flexibility index (Phi) is 7.10. The van der Waals surface area contributed by atoms with E-state index in [2.05, 4.69) is 35.1 Å². The first kappa shape index (κ1) is 22.5. The number of hydrogen-bond donors (Lipinski definition) is 1. The summed E-state index contributed by atoms with van der Waals surface area (Å²) in [6.07, 6.45) is 5.85. The lowest BCUT2D eigenvalue weighted by Crippen LogP contribution is -2.48. The van der Waals surface area contributed by atoms with Crippen LogP contribution in [0.3, 0.4) is 0 Å². The largest absolute Gasteiger partial charge is 0.451 e. The van der Waals surface area contributed by atoms with E-state index in [1.54, 1.807) is 10.9 Å². The van der Waals surface area contributed by atoms with Crippen molar-refractivity contribution in [3.63, 3.8) is 0 Å². The van der Waals surface area contributed by atoms with Crippen molar-refractivity contribution in [2.45, 2.75) is 44.8 Å². The summed E-state index contributed by atoms with van der Waals surface area (Å²) in [6, 6.07) is 12.2. The third kappa shape index (κ3) is 4.79. The fraction of sp³-hybridized carbons (Fsp3) is 0.364. The number of nitriles is 1. The molecule has 162 valence electrons. The van der Waals surface area contributed by atoms with E-state index in [1.807, 2.05) is 30.3 Å². The summed E-state index contributed by atoms with van der Waals surface area (Å²) in [4.78, 5) is 18.7. The van der Waals surface area contributed by atoms with Crippen LogP contribution < -0.4 is 5.32 Å². The molecule has 0 aliphatic carbocycles. The van der Waals surface area contributed by atoms with Crippen molar-refractivity contribution in [2.24, 2.45) is 0 Å². The molecule has 1 fully saturated rings. The lowest BCUT2D eigenvalue weighted by Gasteiger charge is -2.41. The number of piperidine rings is 1. The average molecular weight is 441 g/mol. The number of oxazole rings is 1. The molecule has 9 heteroatoms. The van der Waals surface area contributed by atoms with Gasteiger partial charge in [0.15, 0.2) is 12.1 Å². The molecule has 4 rings (SSSR count). The van der Waals surface area contributed by atoms with Crippen molar-refractivity contribution in [3.8, 4) is 11.8 Å². The molecule has 1 saturated heterocycles. The van der Waals surface area contributed by atoms with Gasteiger partial charge in [-0.2, -0.15) is 10.4 Å². The molecule has 3 heterocycles. The molecule has 1 amide bonds. The predicted molar refractivity (Wildman–Crippen MR) is 117 cm³/mol. The molecule has 31 heavy (non-hydrogen) atoms. The molecule has 3 aromatic rings. The number of aromatic nitrogens is 3. The van der Waals surface area contributed by atoms with Crippen LogP contribution in [0.15, 0.2) is 53.6 Å². The van der Waals surface area contributed by atoms with Crippen LogP contribution in [0, 0.1) is 11.3 Å². The van der Waals surface area contributed by atoms with Crippen LogP contribution in [0.2, 0.25) is 0 Å². The van der Waals surface area contributed by atoms with Crippen LogP contribution in [-0.4, -0.2) is 44.2 Å². The quantitative estimate of drug-likeness (QED) is 0.651. The first-order valence-electron chi connectivity index (χ1n) is 10.1. The van der Waals surface area contributed by atoms with Crippen LogP contribution in [0.25, 0.3) is 5.69 Å². The number of carbonyl (C=O) groups excluding carboxylic acids is 1. The normalized spacial score (nSPS) is 18.9. The van der Waals surface area contributed by atoms with Crippen LogP contribution >= 0.6 is 12.4 Å². The van der Waals surface area contributed by atoms with Crippen LogP contribution in [0.4, 0.5) is 0 Å². The molecule has 2 aromatic heterocycles. The maximum Gasteiger partial charge on any atom is 0.273 e. The molecule has 0 spiro atoms. The zero-order valence-electron chi connectivity index (χ0n) is 17.4. The number of halogens is 1. The van der Waals surface area contributed by atoms with E-state index in [4.69, 9.17) is 9.52 Å². The van der Waals surface area contributed by atoms with E-state index in [0.717, 1.165) is 24.3 Å². The van der Waals surface area contributed by atoms with Gasteiger partial charge in [-0.05, 0) is 38.8 Å². The van der Waals surface area contributed by atoms with E-state index < -0.39 is 0 Å². The first-order valence-corrected chi connectivity index (χ1v) is 10.1. The maximum atomic E-state index is 12.4. The SMILES string of the molecule is CC(C)N1CCC(NC(=O)c2cocn2)CC1c1nn(-c2ccccc2)cc1C#N.Cl. The van der Waals surface area contributed by atoms with E-state index in [0.29, 0.717) is 12.0 Å². The van der Waals surface area contributed by atoms with Gasteiger partial charge in [0.2, 0.25) is 0 Å². The summed E-state index contributed by atoms with van der Waals surface area (Å²) in [6.45, 7) is 5.08. The molecule has 1 aliphatic heterocycles. The second kappa shape index (κ2) is 9.77. The van der Waals surface area contributed by atoms with Gasteiger partial charge in [0.25, 0.3) is 5.91 Å². The first-order chi connectivity index (χ1) is 14.6. The Balaban J connectivity index is 0.00000272. The highest BCUT2D eigenvalue weighted by Gasteiger charge is 2.35. The topological polar surface area (TPSA) is 100.0 Å². The van der Waals surface area contributed by atoms with Gasteiger partial charge in [-0.15, -0.1) is 12.4 Å². The van der Waals surface area contributed by atoms with Gasteiger partial charge >= 0.3 is 0 Å². The third-order valence-electron chi connectivity index (χ3n) is 5.51. The number of nitrogens with one attached hydrogen (secondary N) is 1. The summed E-state index contributed by atoms with van der Waals surface area (Å²) < 4.78 is 6.66. The molecule has 8 nitrogen and oxygen atoms in total. The lowest BCUT2D eigenvalue weighted by molar-refractivity contribution is 0.0759. The molecule has 0 saturated carbocycles. The van der Waals surface area contributed by atoms with Crippen molar-refractivity contribution in [1.82, 2.24) is 25.0 Å². The minimum atomic E-state index is -0.249. The standard InChI is InChI=1S/C22H24N6O2.ClH/c1-15(2)27-9-8-17(25-22(29)19-13-30-14-24-19)10-20(27)21-16(11-23)12-28(26-21)18-6-4-3-5-7-18;/h3-7,12-15,17,20H,8-10H2,1-2H3,(H,25,29);1H. The Morgan fingerprint density at radius 2 is 2.10 bits per heavy atom. The van der Waals surface area contributed by atoms with E-state index in [9.17, 15) is 10.1 Å². The summed E-state index contributed by atoms with van der Waals surface area (Å²) in [7, 11) is 0. The third-order valence-corrected chi connectivity index (χ3v) is 5.51. The second-order valence-electron chi connectivity index (χ2n) is 7.74. The Hall–Kier alpha value is -3.15. The molecular formula is C22H25ClN6O2. The van der Waals surface area contributed by atoms with Crippen LogP contribution in [-0.2, 0) is 0 Å². The second-order valence-corrected chi connectivity index (χ2v) is 7.74. The number of carbonyl (C=O) groups is 1. The zero-order valence-corrected chi connectivity index (χ0v) is 18.2. The average Bonchev–Trinajstić information content (AvgIpc) is 3.44. The van der Waals surface area contributed by atoms with Crippen molar-refractivity contribution in [2.75, 3.05) is 6.54 Å². The fourth-order valence-electron chi connectivity index (χ4n) is 4.02. The minimum Gasteiger partial charge on any atom is -0.451 e. The number of rotatable bonds is 5. The van der Waals surface area contributed by atoms with Gasteiger partial charge < -0.3 is 9.73 Å². The molecule has 1 aromatic carbocycles. The fourth-order valence-corrected chi connectivity index (χ4v) is 4.02. The molecule has 0 radical (unpaired) electrons. The minimum absolute atomic E-state index is 0. The molecule has 0 bridgehead atoms. The number of amides is 1.